The normalized spacial score (nSPS) is 22.3. The summed E-state index contributed by atoms with van der Waals surface area (Å²) in [7, 11) is 0. The second kappa shape index (κ2) is 9.25. The van der Waals surface area contributed by atoms with Gasteiger partial charge in [-0.3, -0.25) is 4.79 Å². The number of rotatable bonds is 6. The molecule has 150 valence electrons. The van der Waals surface area contributed by atoms with Crippen LogP contribution in [0.4, 0.5) is 0 Å². The van der Waals surface area contributed by atoms with Gasteiger partial charge in [-0.15, -0.1) is 0 Å². The molecule has 28 heavy (non-hydrogen) atoms. The van der Waals surface area contributed by atoms with Crippen LogP contribution >= 0.6 is 23.2 Å². The molecular weight excluding hydrogens is 399 g/mol. The maximum atomic E-state index is 12.6. The maximum absolute atomic E-state index is 12.6. The number of benzene rings is 2. The van der Waals surface area contributed by atoms with Gasteiger partial charge < -0.3 is 20.4 Å². The molecule has 2 aromatic carbocycles. The van der Waals surface area contributed by atoms with Crippen LogP contribution in [0.5, 0.6) is 0 Å². The number of amides is 1. The summed E-state index contributed by atoms with van der Waals surface area (Å²) in [5.41, 5.74) is 0.282. The van der Waals surface area contributed by atoms with E-state index < -0.39 is 11.7 Å². The number of carbonyl (C=O) groups excluding carboxylic acids is 1. The molecule has 3 N–H and O–H groups in total. The Balaban J connectivity index is 1.50. The first-order chi connectivity index (χ1) is 13.4. The van der Waals surface area contributed by atoms with E-state index in [4.69, 9.17) is 23.2 Å². The molecule has 7 heteroatoms. The van der Waals surface area contributed by atoms with Crippen LogP contribution in [-0.4, -0.2) is 58.9 Å². The van der Waals surface area contributed by atoms with Gasteiger partial charge >= 0.3 is 0 Å². The predicted molar refractivity (Wildman–Crippen MR) is 111 cm³/mol. The Bertz CT molecular complexity index is 816. The summed E-state index contributed by atoms with van der Waals surface area (Å²) in [4.78, 5) is 14.1. The fourth-order valence-corrected chi connectivity index (χ4v) is 3.72. The molecule has 1 fully saturated rings. The van der Waals surface area contributed by atoms with Crippen LogP contribution in [0.1, 0.15) is 22.3 Å². The minimum absolute atomic E-state index is 0.0875. The van der Waals surface area contributed by atoms with Gasteiger partial charge in [0.25, 0.3) is 5.91 Å². The van der Waals surface area contributed by atoms with Gasteiger partial charge in [0.15, 0.2) is 0 Å². The van der Waals surface area contributed by atoms with E-state index in [0.29, 0.717) is 30.1 Å². The Labute approximate surface area is 174 Å². The SMILES string of the molecule is O=C(c1ccc(Cl)cc1)N1CC[C@](O)(CNCCc2ccccc2Cl)[C@@H](O)C1. The summed E-state index contributed by atoms with van der Waals surface area (Å²) in [5, 5.41) is 25.8. The molecule has 1 amide bonds. The van der Waals surface area contributed by atoms with Crippen LogP contribution in [0.25, 0.3) is 0 Å². The average Bonchev–Trinajstić information content (AvgIpc) is 2.69. The lowest BCUT2D eigenvalue weighted by Gasteiger charge is -2.42. The van der Waals surface area contributed by atoms with E-state index >= 15 is 0 Å². The van der Waals surface area contributed by atoms with Gasteiger partial charge in [-0.25, -0.2) is 0 Å². The lowest BCUT2D eigenvalue weighted by molar-refractivity contribution is -0.110. The molecule has 0 saturated carbocycles. The van der Waals surface area contributed by atoms with E-state index in [2.05, 4.69) is 5.32 Å². The Morgan fingerprint density at radius 1 is 1.18 bits per heavy atom. The van der Waals surface area contributed by atoms with E-state index in [9.17, 15) is 15.0 Å². The van der Waals surface area contributed by atoms with Crippen molar-refractivity contribution < 1.29 is 15.0 Å². The van der Waals surface area contributed by atoms with Crippen molar-refractivity contribution in [1.29, 1.82) is 0 Å². The number of aliphatic hydroxyl groups is 2. The number of nitrogens with zero attached hydrogens (tertiary/aromatic N) is 1. The third-order valence-electron chi connectivity index (χ3n) is 5.17. The van der Waals surface area contributed by atoms with Gasteiger partial charge in [-0.2, -0.15) is 0 Å². The molecule has 5 nitrogen and oxygen atoms in total. The van der Waals surface area contributed by atoms with Crippen LogP contribution in [0, 0.1) is 0 Å². The zero-order chi connectivity index (χ0) is 20.1. The zero-order valence-corrected chi connectivity index (χ0v) is 17.0. The third-order valence-corrected chi connectivity index (χ3v) is 5.79. The quantitative estimate of drug-likeness (QED) is 0.625. The molecule has 0 aliphatic carbocycles. The monoisotopic (exact) mass is 422 g/mol. The lowest BCUT2D eigenvalue weighted by atomic mass is 9.88. The van der Waals surface area contributed by atoms with Crippen molar-refractivity contribution in [3.8, 4) is 0 Å². The second-order valence-electron chi connectivity index (χ2n) is 7.15. The number of nitrogens with one attached hydrogen (secondary N) is 1. The number of hydrogen-bond acceptors (Lipinski definition) is 4. The first-order valence-corrected chi connectivity index (χ1v) is 10.0. The number of carbonyl (C=O) groups is 1. The molecule has 0 aromatic heterocycles. The van der Waals surface area contributed by atoms with Crippen molar-refractivity contribution in [3.05, 3.63) is 69.7 Å². The Hall–Kier alpha value is -1.63. The molecular formula is C21H24Cl2N2O3. The highest BCUT2D eigenvalue weighted by atomic mass is 35.5. The summed E-state index contributed by atoms with van der Waals surface area (Å²) < 4.78 is 0. The number of β-amino-alcohol motifs (C(OH)–C–C–N with tert-alkyl or cyclic N) is 1. The Morgan fingerprint density at radius 3 is 2.57 bits per heavy atom. The minimum Gasteiger partial charge on any atom is -0.388 e. The Kier molecular flexibility index (Phi) is 6.96. The largest absolute Gasteiger partial charge is 0.388 e. The van der Waals surface area contributed by atoms with Crippen molar-refractivity contribution in [1.82, 2.24) is 10.2 Å². The summed E-state index contributed by atoms with van der Waals surface area (Å²) in [6.45, 7) is 1.35. The first-order valence-electron chi connectivity index (χ1n) is 9.28. The van der Waals surface area contributed by atoms with Gasteiger partial charge in [0, 0.05) is 35.2 Å². The highest BCUT2D eigenvalue weighted by Gasteiger charge is 2.41. The highest BCUT2D eigenvalue weighted by molar-refractivity contribution is 6.31. The summed E-state index contributed by atoms with van der Waals surface area (Å²) in [6.07, 6.45) is 0.00454. The smallest absolute Gasteiger partial charge is 0.253 e. The topological polar surface area (TPSA) is 72.8 Å². The van der Waals surface area contributed by atoms with Gasteiger partial charge in [0.2, 0.25) is 0 Å². The molecule has 1 aliphatic rings. The van der Waals surface area contributed by atoms with Crippen molar-refractivity contribution in [2.24, 2.45) is 0 Å². The summed E-state index contributed by atoms with van der Waals surface area (Å²) >= 11 is 12.0. The van der Waals surface area contributed by atoms with Gasteiger partial charge in [-0.1, -0.05) is 41.4 Å². The summed E-state index contributed by atoms with van der Waals surface area (Å²) in [5.74, 6) is -0.176. The van der Waals surface area contributed by atoms with Crippen LogP contribution in [-0.2, 0) is 6.42 Å². The van der Waals surface area contributed by atoms with Crippen molar-refractivity contribution in [2.75, 3.05) is 26.2 Å². The van der Waals surface area contributed by atoms with Gasteiger partial charge in [0.1, 0.15) is 11.7 Å². The van der Waals surface area contributed by atoms with Gasteiger partial charge in [-0.05, 0) is 55.3 Å². The number of aliphatic hydroxyl groups excluding tert-OH is 1. The molecule has 3 rings (SSSR count). The molecule has 2 atom stereocenters. The number of halogens is 2. The fourth-order valence-electron chi connectivity index (χ4n) is 3.36. The molecule has 0 radical (unpaired) electrons. The first kappa shape index (κ1) is 21.1. The van der Waals surface area contributed by atoms with Crippen LogP contribution in [0.15, 0.2) is 48.5 Å². The predicted octanol–water partition coefficient (Wildman–Crippen LogP) is 2.76. The third kappa shape index (κ3) is 5.04. The standard InChI is InChI=1S/C21H24Cl2N2O3/c22-17-7-5-16(6-8-17)20(27)25-12-10-21(28,19(26)13-25)14-24-11-9-15-3-1-2-4-18(15)23/h1-8,19,24,26,28H,9-14H2/t19-,21-/m0/s1. The number of piperidine rings is 1. The minimum atomic E-state index is -1.27. The van der Waals surface area contributed by atoms with Crippen LogP contribution in [0.3, 0.4) is 0 Å². The van der Waals surface area contributed by atoms with E-state index in [-0.39, 0.29) is 19.0 Å². The molecule has 1 aliphatic heterocycles. The van der Waals surface area contributed by atoms with Crippen LogP contribution < -0.4 is 5.32 Å². The Morgan fingerprint density at radius 2 is 1.89 bits per heavy atom. The van der Waals surface area contributed by atoms with E-state index in [1.54, 1.807) is 29.2 Å². The lowest BCUT2D eigenvalue weighted by Crippen LogP contribution is -2.60. The van der Waals surface area contributed by atoms with Crippen molar-refractivity contribution in [2.45, 2.75) is 24.5 Å². The molecule has 1 heterocycles. The average molecular weight is 423 g/mol. The van der Waals surface area contributed by atoms with Gasteiger partial charge in [0.05, 0.1) is 0 Å². The zero-order valence-electron chi connectivity index (χ0n) is 15.4. The number of hydrogen-bond donors (Lipinski definition) is 3. The summed E-state index contributed by atoms with van der Waals surface area (Å²) in [6, 6.07) is 14.3. The highest BCUT2D eigenvalue weighted by Crippen LogP contribution is 2.24. The van der Waals surface area contributed by atoms with Crippen molar-refractivity contribution >= 4 is 29.1 Å². The van der Waals surface area contributed by atoms with Crippen molar-refractivity contribution in [3.63, 3.8) is 0 Å². The fraction of sp³-hybridized carbons (Fsp3) is 0.381. The van der Waals surface area contributed by atoms with Crippen LogP contribution in [0.2, 0.25) is 10.0 Å². The molecule has 0 spiro atoms. The van der Waals surface area contributed by atoms with E-state index in [1.165, 1.54) is 0 Å². The second-order valence-corrected chi connectivity index (χ2v) is 7.99. The maximum Gasteiger partial charge on any atom is 0.253 e. The number of likely N-dealkylation sites (tertiary alicyclic amines) is 1. The molecule has 1 saturated heterocycles. The van der Waals surface area contributed by atoms with E-state index in [1.807, 2.05) is 24.3 Å². The molecule has 2 aromatic rings. The molecule has 0 bridgehead atoms. The molecule has 0 unspecified atom stereocenters. The van der Waals surface area contributed by atoms with E-state index in [0.717, 1.165) is 17.0 Å².